The SMILES string of the molecule is Cn1c(Cn2ccc(C(F)(F)F)c(Oc3ccc(-c4cc(F)cc(C#N)c4)cc3)c2=O)n[nH]c1=O. The standard InChI is InChI=1S/C23H15F4N5O3/c1-31-19(29-30-22(31)34)12-32-7-6-18(23(25,26)27)20(21(32)33)35-17-4-2-14(3-5-17)15-8-13(11-28)9-16(24)10-15/h2-10H,12H2,1H3,(H,30,34). The molecule has 1 N–H and O–H groups in total. The highest BCUT2D eigenvalue weighted by atomic mass is 19.4. The Morgan fingerprint density at radius 2 is 1.80 bits per heavy atom. The highest BCUT2D eigenvalue weighted by Crippen LogP contribution is 2.36. The van der Waals surface area contributed by atoms with Gasteiger partial charge in [0, 0.05) is 13.2 Å². The van der Waals surface area contributed by atoms with Crippen molar-refractivity contribution in [2.24, 2.45) is 7.05 Å². The van der Waals surface area contributed by atoms with Crippen LogP contribution in [0.25, 0.3) is 11.1 Å². The number of nitriles is 1. The van der Waals surface area contributed by atoms with Gasteiger partial charge in [-0.15, -0.1) is 0 Å². The van der Waals surface area contributed by atoms with E-state index in [1.807, 2.05) is 6.07 Å². The Kier molecular flexibility index (Phi) is 6.00. The summed E-state index contributed by atoms with van der Waals surface area (Å²) in [6.45, 7) is -0.275. The molecule has 0 aliphatic carbocycles. The van der Waals surface area contributed by atoms with E-state index in [1.54, 1.807) is 0 Å². The molecule has 35 heavy (non-hydrogen) atoms. The summed E-state index contributed by atoms with van der Waals surface area (Å²) in [5.74, 6) is -1.52. The van der Waals surface area contributed by atoms with E-state index < -0.39 is 34.6 Å². The number of H-pyrrole nitrogens is 1. The van der Waals surface area contributed by atoms with Gasteiger partial charge in [-0.05, 0) is 47.5 Å². The van der Waals surface area contributed by atoms with Crippen molar-refractivity contribution in [2.45, 2.75) is 12.7 Å². The van der Waals surface area contributed by atoms with Gasteiger partial charge in [-0.25, -0.2) is 14.3 Å². The van der Waals surface area contributed by atoms with Crippen LogP contribution >= 0.6 is 0 Å². The van der Waals surface area contributed by atoms with Gasteiger partial charge < -0.3 is 9.30 Å². The van der Waals surface area contributed by atoms with Crippen LogP contribution in [0, 0.1) is 17.1 Å². The average Bonchev–Trinajstić information content (AvgIpc) is 3.13. The monoisotopic (exact) mass is 485 g/mol. The molecule has 0 saturated carbocycles. The number of pyridine rings is 1. The van der Waals surface area contributed by atoms with Gasteiger partial charge in [0.05, 0.1) is 18.2 Å². The Labute approximate surface area is 194 Å². The Balaban J connectivity index is 1.70. The van der Waals surface area contributed by atoms with Gasteiger partial charge in [0.2, 0.25) is 5.75 Å². The summed E-state index contributed by atoms with van der Waals surface area (Å²) in [6.07, 6.45) is -3.93. The van der Waals surface area contributed by atoms with Crippen molar-refractivity contribution in [2.75, 3.05) is 0 Å². The molecule has 0 saturated heterocycles. The average molecular weight is 485 g/mol. The van der Waals surface area contributed by atoms with Crippen LogP contribution in [0.5, 0.6) is 11.5 Å². The molecule has 178 valence electrons. The van der Waals surface area contributed by atoms with Gasteiger partial charge in [0.1, 0.15) is 17.1 Å². The molecule has 2 aromatic carbocycles. The molecule has 0 bridgehead atoms. The highest BCUT2D eigenvalue weighted by molar-refractivity contribution is 5.66. The number of nitrogens with zero attached hydrogens (tertiary/aromatic N) is 4. The first kappa shape index (κ1) is 23.5. The molecule has 0 aliphatic rings. The molecule has 8 nitrogen and oxygen atoms in total. The van der Waals surface area contributed by atoms with Crippen LogP contribution in [0.15, 0.2) is 64.3 Å². The van der Waals surface area contributed by atoms with Gasteiger partial charge in [-0.1, -0.05) is 12.1 Å². The Bertz CT molecular complexity index is 1560. The first-order valence-electron chi connectivity index (χ1n) is 9.96. The number of hydrogen-bond acceptors (Lipinski definition) is 5. The van der Waals surface area contributed by atoms with Crippen molar-refractivity contribution >= 4 is 0 Å². The van der Waals surface area contributed by atoms with Crippen LogP contribution in [0.3, 0.4) is 0 Å². The number of nitrogens with one attached hydrogen (secondary N) is 1. The van der Waals surface area contributed by atoms with Crippen LogP contribution in [-0.4, -0.2) is 19.3 Å². The van der Waals surface area contributed by atoms with Gasteiger partial charge in [-0.2, -0.15) is 23.5 Å². The topological polar surface area (TPSA) is 106 Å². The molecule has 0 atom stereocenters. The van der Waals surface area contributed by atoms with E-state index in [2.05, 4.69) is 10.2 Å². The van der Waals surface area contributed by atoms with E-state index in [-0.39, 0.29) is 23.7 Å². The summed E-state index contributed by atoms with van der Waals surface area (Å²) in [5.41, 5.74) is -1.93. The summed E-state index contributed by atoms with van der Waals surface area (Å²) in [4.78, 5) is 24.4. The highest BCUT2D eigenvalue weighted by Gasteiger charge is 2.36. The zero-order valence-corrected chi connectivity index (χ0v) is 17.9. The molecular formula is C23H15F4N5O3. The Morgan fingerprint density at radius 3 is 2.40 bits per heavy atom. The second-order valence-electron chi connectivity index (χ2n) is 7.46. The first-order chi connectivity index (χ1) is 16.6. The molecular weight excluding hydrogens is 470 g/mol. The summed E-state index contributed by atoms with van der Waals surface area (Å²) in [7, 11) is 1.40. The quantitative estimate of drug-likeness (QED) is 0.433. The maximum absolute atomic E-state index is 13.7. The maximum atomic E-state index is 13.7. The van der Waals surface area contributed by atoms with Gasteiger partial charge in [-0.3, -0.25) is 9.36 Å². The molecule has 2 heterocycles. The van der Waals surface area contributed by atoms with Crippen molar-refractivity contribution in [3.05, 3.63) is 98.3 Å². The fourth-order valence-corrected chi connectivity index (χ4v) is 3.33. The molecule has 0 spiro atoms. The lowest BCUT2D eigenvalue weighted by Gasteiger charge is -2.15. The van der Waals surface area contributed by atoms with E-state index in [9.17, 15) is 27.2 Å². The number of aromatic nitrogens is 4. The minimum atomic E-state index is -4.87. The molecule has 4 rings (SSSR count). The molecule has 0 fully saturated rings. The number of rotatable bonds is 5. The number of hydrogen-bond donors (Lipinski definition) is 1. The van der Waals surface area contributed by atoms with E-state index in [0.717, 1.165) is 21.4 Å². The molecule has 4 aromatic rings. The second kappa shape index (κ2) is 8.94. The van der Waals surface area contributed by atoms with Gasteiger partial charge in [0.15, 0.2) is 5.82 Å². The number of halogens is 4. The van der Waals surface area contributed by atoms with Gasteiger partial charge in [0.25, 0.3) is 5.56 Å². The number of alkyl halides is 3. The van der Waals surface area contributed by atoms with Crippen molar-refractivity contribution in [1.29, 1.82) is 5.26 Å². The lowest BCUT2D eigenvalue weighted by Crippen LogP contribution is -2.26. The normalized spacial score (nSPS) is 11.3. The lowest BCUT2D eigenvalue weighted by molar-refractivity contribution is -0.138. The maximum Gasteiger partial charge on any atom is 0.420 e. The van der Waals surface area contributed by atoms with Crippen molar-refractivity contribution in [1.82, 2.24) is 19.3 Å². The van der Waals surface area contributed by atoms with Crippen LogP contribution in [-0.2, 0) is 19.8 Å². The van der Waals surface area contributed by atoms with Crippen LogP contribution < -0.4 is 16.0 Å². The Hall–Kier alpha value is -4.66. The molecule has 0 amide bonds. The van der Waals surface area contributed by atoms with E-state index in [1.165, 1.54) is 43.4 Å². The molecule has 0 aliphatic heterocycles. The van der Waals surface area contributed by atoms with E-state index >= 15 is 0 Å². The summed E-state index contributed by atoms with van der Waals surface area (Å²) < 4.78 is 62.0. The van der Waals surface area contributed by atoms with Crippen LogP contribution in [0.4, 0.5) is 17.6 Å². The summed E-state index contributed by atoms with van der Waals surface area (Å²) >= 11 is 0. The molecule has 0 radical (unpaired) electrons. The van der Waals surface area contributed by atoms with Gasteiger partial charge >= 0.3 is 11.9 Å². The Morgan fingerprint density at radius 1 is 1.09 bits per heavy atom. The second-order valence-corrected chi connectivity index (χ2v) is 7.46. The number of aromatic amines is 1. The fourth-order valence-electron chi connectivity index (χ4n) is 3.33. The number of benzene rings is 2. The predicted molar refractivity (Wildman–Crippen MR) is 115 cm³/mol. The van der Waals surface area contributed by atoms with Crippen molar-refractivity contribution < 1.29 is 22.3 Å². The fraction of sp³-hybridized carbons (Fsp3) is 0.130. The first-order valence-corrected chi connectivity index (χ1v) is 9.96. The number of ether oxygens (including phenoxy) is 1. The van der Waals surface area contributed by atoms with E-state index in [4.69, 9.17) is 10.00 Å². The minimum Gasteiger partial charge on any atom is -0.451 e. The molecule has 12 heteroatoms. The summed E-state index contributed by atoms with van der Waals surface area (Å²) in [5, 5.41) is 14.9. The zero-order valence-electron chi connectivity index (χ0n) is 17.9. The van der Waals surface area contributed by atoms with E-state index in [0.29, 0.717) is 17.2 Å². The molecule has 0 unspecified atom stereocenters. The van der Waals surface area contributed by atoms with Crippen LogP contribution in [0.2, 0.25) is 0 Å². The minimum absolute atomic E-state index is 0.0711. The van der Waals surface area contributed by atoms with Crippen molar-refractivity contribution in [3.63, 3.8) is 0 Å². The molecule has 2 aromatic heterocycles. The third-order valence-electron chi connectivity index (χ3n) is 5.14. The van der Waals surface area contributed by atoms with Crippen molar-refractivity contribution in [3.8, 4) is 28.7 Å². The van der Waals surface area contributed by atoms with Crippen LogP contribution in [0.1, 0.15) is 17.0 Å². The largest absolute Gasteiger partial charge is 0.451 e. The smallest absolute Gasteiger partial charge is 0.420 e. The third kappa shape index (κ3) is 4.84. The predicted octanol–water partition coefficient (Wildman–Crippen LogP) is 3.81. The lowest BCUT2D eigenvalue weighted by atomic mass is 10.0. The zero-order chi connectivity index (χ0) is 25.3. The third-order valence-corrected chi connectivity index (χ3v) is 5.14. The summed E-state index contributed by atoms with van der Waals surface area (Å²) in [6, 6.07) is 11.8.